The minimum Gasteiger partial charge on any atom is -0.494 e. The number of hydrogen-bond donors (Lipinski definition) is 1. The van der Waals surface area contributed by atoms with Gasteiger partial charge in [0.05, 0.1) is 24.0 Å². The van der Waals surface area contributed by atoms with Gasteiger partial charge in [0, 0.05) is 67.9 Å². The predicted molar refractivity (Wildman–Crippen MR) is 179 cm³/mol. The van der Waals surface area contributed by atoms with E-state index < -0.39 is 0 Å². The van der Waals surface area contributed by atoms with Crippen molar-refractivity contribution in [1.82, 2.24) is 29.0 Å². The summed E-state index contributed by atoms with van der Waals surface area (Å²) in [5.74, 6) is 3.18. The van der Waals surface area contributed by atoms with Gasteiger partial charge < -0.3 is 24.5 Å². The van der Waals surface area contributed by atoms with E-state index in [4.69, 9.17) is 20.4 Å². The van der Waals surface area contributed by atoms with Gasteiger partial charge in [0.15, 0.2) is 5.82 Å². The van der Waals surface area contributed by atoms with E-state index in [9.17, 15) is 9.59 Å². The maximum absolute atomic E-state index is 13.8. The molecule has 6 heterocycles. The second-order valence-electron chi connectivity index (χ2n) is 13.7. The number of rotatable bonds is 7. The summed E-state index contributed by atoms with van der Waals surface area (Å²) < 4.78 is 10.2. The summed E-state index contributed by atoms with van der Waals surface area (Å²) in [6, 6.07) is 14.1. The van der Waals surface area contributed by atoms with Gasteiger partial charge in [-0.25, -0.2) is 15.0 Å². The van der Waals surface area contributed by atoms with E-state index in [2.05, 4.69) is 26.3 Å². The van der Waals surface area contributed by atoms with Crippen molar-refractivity contribution in [3.05, 3.63) is 54.2 Å². The van der Waals surface area contributed by atoms with Gasteiger partial charge in [0.25, 0.3) is 5.91 Å². The van der Waals surface area contributed by atoms with Crippen molar-refractivity contribution in [2.75, 3.05) is 25.1 Å². The van der Waals surface area contributed by atoms with Gasteiger partial charge in [0.1, 0.15) is 22.7 Å². The topological polar surface area (TPSA) is 124 Å². The SMILES string of the molecule is COc1cc(C(=O)N2CC3CCC2[C@@H]3N)cc2nc(-c3cc4ccc(-c5ccnc(N6CCCC6=O)c5)nc4n3CC3CC3)n(C)c12. The molecule has 4 aliphatic rings. The Hall–Kier alpha value is -4.77. The molecule has 11 nitrogen and oxygen atoms in total. The number of fused-ring (bicyclic) bond motifs is 4. The number of aromatic nitrogens is 5. The van der Waals surface area contributed by atoms with E-state index in [1.54, 1.807) is 18.2 Å². The van der Waals surface area contributed by atoms with Crippen LogP contribution in [0.3, 0.4) is 0 Å². The van der Waals surface area contributed by atoms with Gasteiger partial charge in [-0.3, -0.25) is 14.5 Å². The van der Waals surface area contributed by atoms with Crippen molar-refractivity contribution in [2.24, 2.45) is 24.6 Å². The minimum atomic E-state index is -0.00649. The van der Waals surface area contributed by atoms with Crippen molar-refractivity contribution >= 4 is 39.7 Å². The fourth-order valence-corrected chi connectivity index (χ4v) is 8.10. The Bertz CT molecular complexity index is 2090. The first kappa shape index (κ1) is 28.5. The highest BCUT2D eigenvalue weighted by molar-refractivity contribution is 6.00. The van der Waals surface area contributed by atoms with Crippen LogP contribution in [0, 0.1) is 11.8 Å². The number of pyridine rings is 2. The summed E-state index contributed by atoms with van der Waals surface area (Å²) in [6.07, 6.45) is 7.62. The lowest BCUT2D eigenvalue weighted by Crippen LogP contribution is -2.41. The number of nitrogens with zero attached hydrogens (tertiary/aromatic N) is 7. The average Bonchev–Trinajstić information content (AvgIpc) is 3.33. The third kappa shape index (κ3) is 4.54. The Kier molecular flexibility index (Phi) is 6.44. The predicted octanol–water partition coefficient (Wildman–Crippen LogP) is 4.76. The molecule has 4 aromatic heterocycles. The zero-order valence-electron chi connectivity index (χ0n) is 26.7. The van der Waals surface area contributed by atoms with Gasteiger partial charge in [-0.05, 0) is 86.4 Å². The Morgan fingerprint density at radius 3 is 2.66 bits per heavy atom. The average molecular weight is 631 g/mol. The van der Waals surface area contributed by atoms with E-state index in [0.717, 1.165) is 70.6 Å². The first-order chi connectivity index (χ1) is 22.9. The molecule has 3 atom stereocenters. The van der Waals surface area contributed by atoms with Crippen molar-refractivity contribution in [2.45, 2.75) is 57.2 Å². The standard InChI is InChI=1S/C36H38N8O3/c1-41-33-26(14-24(16-29(33)47-2)36(46)44-19-23-8-10-27(44)32(23)37)40-35(41)28-15-22-7-9-25(39-34(22)43(28)18-20-5-6-20)21-11-12-38-30(17-21)42-13-3-4-31(42)45/h7,9,11-12,14-17,20,23,27,32H,3-6,8,10,13,18-19,37H2,1-2H3/t23?,27?,32-/m1/s1. The molecule has 2 aliphatic heterocycles. The molecule has 0 radical (unpaired) electrons. The molecule has 11 heteroatoms. The minimum absolute atomic E-state index is 0.00649. The van der Waals surface area contributed by atoms with Crippen LogP contribution in [0.1, 0.15) is 48.9 Å². The first-order valence-corrected chi connectivity index (χ1v) is 16.8. The number of carbonyl (C=O) groups excluding carboxylic acids is 2. The van der Waals surface area contributed by atoms with Crippen molar-refractivity contribution in [1.29, 1.82) is 0 Å². The van der Waals surface area contributed by atoms with E-state index in [-0.39, 0.29) is 23.9 Å². The summed E-state index contributed by atoms with van der Waals surface area (Å²) in [6.45, 7) is 2.26. The summed E-state index contributed by atoms with van der Waals surface area (Å²) in [7, 11) is 3.65. The Morgan fingerprint density at radius 1 is 1.06 bits per heavy atom. The number of ether oxygens (including phenoxy) is 1. The summed E-state index contributed by atoms with van der Waals surface area (Å²) in [5.41, 5.74) is 12.2. The Labute approximate surface area is 272 Å². The number of nitrogens with two attached hydrogens (primary N) is 1. The third-order valence-corrected chi connectivity index (χ3v) is 10.8. The van der Waals surface area contributed by atoms with E-state index in [0.29, 0.717) is 48.5 Å². The molecular formula is C36H38N8O3. The maximum Gasteiger partial charge on any atom is 0.254 e. The molecule has 2 unspecified atom stereocenters. The number of piperidine rings is 1. The molecular weight excluding hydrogens is 592 g/mol. The number of hydrogen-bond acceptors (Lipinski definition) is 7. The van der Waals surface area contributed by atoms with Crippen molar-refractivity contribution in [3.8, 4) is 28.5 Å². The molecule has 47 heavy (non-hydrogen) atoms. The van der Waals surface area contributed by atoms with Gasteiger partial charge in [-0.15, -0.1) is 0 Å². The smallest absolute Gasteiger partial charge is 0.254 e. The van der Waals surface area contributed by atoms with Crippen LogP contribution in [0.25, 0.3) is 44.8 Å². The quantitative estimate of drug-likeness (QED) is 0.275. The second-order valence-corrected chi connectivity index (χ2v) is 13.7. The number of anilines is 1. The molecule has 240 valence electrons. The molecule has 4 fully saturated rings. The number of likely N-dealkylation sites (tertiary alicyclic amines) is 1. The number of carbonyl (C=O) groups is 2. The van der Waals surface area contributed by atoms with Crippen LogP contribution in [0.5, 0.6) is 5.75 Å². The highest BCUT2D eigenvalue weighted by atomic mass is 16.5. The van der Waals surface area contributed by atoms with Gasteiger partial charge >= 0.3 is 0 Å². The fraction of sp³-hybridized carbons (Fsp3) is 0.417. The Morgan fingerprint density at radius 2 is 1.94 bits per heavy atom. The molecule has 2 aliphatic carbocycles. The van der Waals surface area contributed by atoms with Gasteiger partial charge in [0.2, 0.25) is 5.91 Å². The molecule has 0 spiro atoms. The van der Waals surface area contributed by atoms with E-state index in [1.165, 1.54) is 12.8 Å². The molecule has 2 saturated carbocycles. The van der Waals surface area contributed by atoms with Crippen molar-refractivity contribution < 1.29 is 14.3 Å². The number of methoxy groups -OCH3 is 1. The molecule has 2 N–H and O–H groups in total. The first-order valence-electron chi connectivity index (χ1n) is 16.8. The number of amides is 2. The Balaban J connectivity index is 1.13. The summed E-state index contributed by atoms with van der Waals surface area (Å²) >= 11 is 0. The van der Waals surface area contributed by atoms with Crippen LogP contribution in [-0.2, 0) is 18.4 Å². The maximum atomic E-state index is 13.8. The van der Waals surface area contributed by atoms with Crippen LogP contribution in [-0.4, -0.2) is 73.1 Å². The third-order valence-electron chi connectivity index (χ3n) is 10.8. The molecule has 2 saturated heterocycles. The number of benzene rings is 1. The van der Waals surface area contributed by atoms with E-state index in [1.807, 2.05) is 42.3 Å². The lowest BCUT2D eigenvalue weighted by Gasteiger charge is -2.27. The second kappa shape index (κ2) is 10.6. The monoisotopic (exact) mass is 630 g/mol. The lowest BCUT2D eigenvalue weighted by atomic mass is 10.1. The zero-order valence-corrected chi connectivity index (χ0v) is 26.7. The van der Waals surface area contributed by atoms with Crippen molar-refractivity contribution in [3.63, 3.8) is 0 Å². The van der Waals surface area contributed by atoms with E-state index >= 15 is 0 Å². The zero-order chi connectivity index (χ0) is 32.0. The summed E-state index contributed by atoms with van der Waals surface area (Å²) in [5, 5.41) is 1.03. The highest BCUT2D eigenvalue weighted by Gasteiger charge is 2.47. The molecule has 9 rings (SSSR count). The number of imidazole rings is 1. The van der Waals surface area contributed by atoms with Crippen LogP contribution >= 0.6 is 0 Å². The molecule has 2 amide bonds. The lowest BCUT2D eigenvalue weighted by molar-refractivity contribution is -0.117. The van der Waals surface area contributed by atoms with Crippen LogP contribution < -0.4 is 15.4 Å². The fourth-order valence-electron chi connectivity index (χ4n) is 8.10. The normalized spacial score (nSPS) is 22.4. The van der Waals surface area contributed by atoms with Gasteiger partial charge in [-0.1, -0.05) is 0 Å². The number of aryl methyl sites for hydroxylation is 1. The summed E-state index contributed by atoms with van der Waals surface area (Å²) in [4.78, 5) is 44.7. The largest absolute Gasteiger partial charge is 0.494 e. The molecule has 2 bridgehead atoms. The van der Waals surface area contributed by atoms with Crippen LogP contribution in [0.2, 0.25) is 0 Å². The van der Waals surface area contributed by atoms with Crippen LogP contribution in [0.15, 0.2) is 48.7 Å². The van der Waals surface area contributed by atoms with Gasteiger partial charge in [-0.2, -0.15) is 0 Å². The highest BCUT2D eigenvalue weighted by Crippen LogP contribution is 2.40. The molecule has 1 aromatic carbocycles. The van der Waals surface area contributed by atoms with Crippen LogP contribution in [0.4, 0.5) is 5.82 Å². The molecule has 5 aromatic rings.